The monoisotopic (exact) mass is 454 g/mol. The molecule has 0 aromatic heterocycles. The molecule has 4 rings (SSSR count). The van der Waals surface area contributed by atoms with Crippen molar-refractivity contribution in [3.05, 3.63) is 94.1 Å². The van der Waals surface area contributed by atoms with Crippen LogP contribution in [0.2, 0.25) is 0 Å². The lowest BCUT2D eigenvalue weighted by Crippen LogP contribution is -2.13. The van der Waals surface area contributed by atoms with Crippen LogP contribution in [0.5, 0.6) is 0 Å². The third-order valence-corrected chi connectivity index (χ3v) is 7.14. The van der Waals surface area contributed by atoms with Crippen molar-refractivity contribution in [1.82, 2.24) is 0 Å². The zero-order valence-corrected chi connectivity index (χ0v) is 19.2. The molecular formula is C29H30F4. The second-order valence-electron chi connectivity index (χ2n) is 9.35. The third kappa shape index (κ3) is 5.00. The number of benzene rings is 3. The summed E-state index contributed by atoms with van der Waals surface area (Å²) in [5.74, 6) is -2.34. The van der Waals surface area contributed by atoms with Gasteiger partial charge in [-0.2, -0.15) is 0 Å². The molecule has 1 fully saturated rings. The van der Waals surface area contributed by atoms with E-state index in [0.29, 0.717) is 47.4 Å². The summed E-state index contributed by atoms with van der Waals surface area (Å²) in [5.41, 5.74) is 2.97. The van der Waals surface area contributed by atoms with Crippen LogP contribution in [0.25, 0.3) is 11.1 Å². The first-order valence-corrected chi connectivity index (χ1v) is 11.9. The Morgan fingerprint density at radius 1 is 0.667 bits per heavy atom. The van der Waals surface area contributed by atoms with E-state index in [2.05, 4.69) is 6.92 Å². The second-order valence-corrected chi connectivity index (χ2v) is 9.35. The maximum absolute atomic E-state index is 14.9. The molecule has 0 radical (unpaired) electrons. The number of hydrogen-bond donors (Lipinski definition) is 0. The summed E-state index contributed by atoms with van der Waals surface area (Å²) in [6.07, 6.45) is 5.24. The van der Waals surface area contributed by atoms with Crippen LogP contribution in [0.1, 0.15) is 67.7 Å². The van der Waals surface area contributed by atoms with Gasteiger partial charge in [0.25, 0.3) is 0 Å². The summed E-state index contributed by atoms with van der Waals surface area (Å²) in [5, 5.41) is 0. The minimum atomic E-state index is -0.799. The fourth-order valence-electron chi connectivity index (χ4n) is 4.90. The van der Waals surface area contributed by atoms with Gasteiger partial charge < -0.3 is 0 Å². The Hall–Kier alpha value is -2.62. The van der Waals surface area contributed by atoms with Gasteiger partial charge in [0.15, 0.2) is 23.3 Å². The molecule has 0 aliphatic heterocycles. The van der Waals surface area contributed by atoms with Gasteiger partial charge in [0.2, 0.25) is 0 Å². The van der Waals surface area contributed by atoms with Gasteiger partial charge in [-0.05, 0) is 71.8 Å². The molecule has 4 heteroatoms. The molecule has 0 bridgehead atoms. The lowest BCUT2D eigenvalue weighted by molar-refractivity contribution is 0.339. The summed E-state index contributed by atoms with van der Waals surface area (Å²) in [4.78, 5) is 0. The molecule has 0 amide bonds. The number of hydrogen-bond acceptors (Lipinski definition) is 0. The van der Waals surface area contributed by atoms with Gasteiger partial charge in [-0.3, -0.25) is 0 Å². The highest BCUT2D eigenvalue weighted by Crippen LogP contribution is 2.38. The topological polar surface area (TPSA) is 0 Å². The zero-order valence-electron chi connectivity index (χ0n) is 19.2. The molecule has 1 aliphatic rings. The van der Waals surface area contributed by atoms with Gasteiger partial charge in [0.05, 0.1) is 0 Å². The predicted molar refractivity (Wildman–Crippen MR) is 125 cm³/mol. The Morgan fingerprint density at radius 3 is 1.97 bits per heavy atom. The fraction of sp³-hybridized carbons (Fsp3) is 0.379. The van der Waals surface area contributed by atoms with Gasteiger partial charge in [-0.1, -0.05) is 75.2 Å². The molecule has 1 aliphatic carbocycles. The van der Waals surface area contributed by atoms with E-state index in [-0.39, 0.29) is 11.5 Å². The molecule has 0 heterocycles. The zero-order chi connectivity index (χ0) is 23.5. The van der Waals surface area contributed by atoms with E-state index in [4.69, 9.17) is 0 Å². The Balaban J connectivity index is 1.47. The minimum Gasteiger partial charge on any atom is -0.203 e. The normalized spacial score (nSPS) is 18.5. The van der Waals surface area contributed by atoms with E-state index in [1.165, 1.54) is 0 Å². The van der Waals surface area contributed by atoms with Crippen LogP contribution in [0, 0.1) is 29.2 Å². The SMILES string of the molecule is CCc1ccc(CCc2ccc(-c3ccc(C4CCC(C)CC4)c(F)c3F)cc2)c(F)c1F. The van der Waals surface area contributed by atoms with Gasteiger partial charge in [0, 0.05) is 5.56 Å². The van der Waals surface area contributed by atoms with Gasteiger partial charge >= 0.3 is 0 Å². The van der Waals surface area contributed by atoms with Crippen molar-refractivity contribution >= 4 is 0 Å². The highest BCUT2D eigenvalue weighted by atomic mass is 19.2. The molecular weight excluding hydrogens is 424 g/mol. The number of rotatable bonds is 6. The van der Waals surface area contributed by atoms with Crippen molar-refractivity contribution in [1.29, 1.82) is 0 Å². The first-order chi connectivity index (χ1) is 15.9. The van der Waals surface area contributed by atoms with Crippen LogP contribution in [-0.4, -0.2) is 0 Å². The molecule has 174 valence electrons. The molecule has 1 saturated carbocycles. The molecule has 3 aromatic rings. The van der Waals surface area contributed by atoms with E-state index < -0.39 is 23.3 Å². The number of aryl methyl sites for hydroxylation is 3. The predicted octanol–water partition coefficient (Wildman–Crippen LogP) is 8.55. The highest BCUT2D eigenvalue weighted by Gasteiger charge is 2.25. The molecule has 0 nitrogen and oxygen atoms in total. The van der Waals surface area contributed by atoms with Crippen molar-refractivity contribution < 1.29 is 17.6 Å². The third-order valence-electron chi connectivity index (χ3n) is 7.14. The quantitative estimate of drug-likeness (QED) is 0.327. The molecule has 0 atom stereocenters. The van der Waals surface area contributed by atoms with Crippen LogP contribution >= 0.6 is 0 Å². The van der Waals surface area contributed by atoms with Gasteiger partial charge in [0.1, 0.15) is 0 Å². The lowest BCUT2D eigenvalue weighted by atomic mass is 9.79. The van der Waals surface area contributed by atoms with E-state index >= 15 is 0 Å². The molecule has 0 saturated heterocycles. The first kappa shape index (κ1) is 23.5. The van der Waals surface area contributed by atoms with Crippen molar-refractivity contribution in [3.8, 4) is 11.1 Å². The minimum absolute atomic E-state index is 0.0868. The molecule has 0 spiro atoms. The average molecular weight is 455 g/mol. The van der Waals surface area contributed by atoms with E-state index in [1.807, 2.05) is 12.1 Å². The van der Waals surface area contributed by atoms with E-state index in [0.717, 1.165) is 31.2 Å². The van der Waals surface area contributed by atoms with Gasteiger partial charge in [-0.15, -0.1) is 0 Å². The van der Waals surface area contributed by atoms with Crippen LogP contribution in [0.4, 0.5) is 17.6 Å². The summed E-state index contributed by atoms with van der Waals surface area (Å²) >= 11 is 0. The second kappa shape index (κ2) is 10.1. The van der Waals surface area contributed by atoms with E-state index in [9.17, 15) is 17.6 Å². The summed E-state index contributed by atoms with van der Waals surface area (Å²) < 4.78 is 58.1. The molecule has 0 unspecified atom stereocenters. The maximum atomic E-state index is 14.9. The largest absolute Gasteiger partial charge is 0.203 e. The van der Waals surface area contributed by atoms with Crippen molar-refractivity contribution in [2.45, 2.75) is 64.7 Å². The standard InChI is InChI=1S/C29H30F4/c1-3-20-14-15-23(27(31)26(20)30)13-8-19-6-11-22(12-7-19)25-17-16-24(28(32)29(25)33)21-9-4-18(2)5-10-21/h6-7,11-12,14-18,21H,3-5,8-10,13H2,1-2H3. The summed E-state index contributed by atoms with van der Waals surface area (Å²) in [6, 6.07) is 13.9. The van der Waals surface area contributed by atoms with Crippen LogP contribution in [0.15, 0.2) is 48.5 Å². The van der Waals surface area contributed by atoms with Crippen molar-refractivity contribution in [3.63, 3.8) is 0 Å². The maximum Gasteiger partial charge on any atom is 0.166 e. The molecule has 0 N–H and O–H groups in total. The van der Waals surface area contributed by atoms with Crippen LogP contribution in [0.3, 0.4) is 0 Å². The lowest BCUT2D eigenvalue weighted by Gasteiger charge is -2.27. The molecule has 3 aromatic carbocycles. The fourth-order valence-corrected chi connectivity index (χ4v) is 4.90. The Labute approximate surface area is 193 Å². The average Bonchev–Trinajstić information content (AvgIpc) is 2.83. The van der Waals surface area contributed by atoms with Gasteiger partial charge in [-0.25, -0.2) is 17.6 Å². The van der Waals surface area contributed by atoms with Crippen LogP contribution in [-0.2, 0) is 19.3 Å². The van der Waals surface area contributed by atoms with E-state index in [1.54, 1.807) is 43.3 Å². The Morgan fingerprint density at radius 2 is 1.30 bits per heavy atom. The summed E-state index contributed by atoms with van der Waals surface area (Å²) in [7, 11) is 0. The number of halogens is 4. The highest BCUT2D eigenvalue weighted by molar-refractivity contribution is 5.65. The Bertz CT molecular complexity index is 1110. The smallest absolute Gasteiger partial charge is 0.166 e. The first-order valence-electron chi connectivity index (χ1n) is 11.9. The van der Waals surface area contributed by atoms with Crippen molar-refractivity contribution in [2.24, 2.45) is 5.92 Å². The summed E-state index contributed by atoms with van der Waals surface area (Å²) in [6.45, 7) is 3.99. The Kier molecular flexibility index (Phi) is 7.21. The van der Waals surface area contributed by atoms with Crippen LogP contribution < -0.4 is 0 Å². The van der Waals surface area contributed by atoms with Crippen molar-refractivity contribution in [2.75, 3.05) is 0 Å². The molecule has 33 heavy (non-hydrogen) atoms.